The minimum absolute atomic E-state index is 0.0934. The van der Waals surface area contributed by atoms with Crippen LogP contribution >= 0.6 is 0 Å². The molecule has 4 heterocycles. The summed E-state index contributed by atoms with van der Waals surface area (Å²) in [6, 6.07) is 10.2. The molecule has 3 saturated heterocycles. The average molecular weight is 356 g/mol. The Balaban J connectivity index is 1.37. The Hall–Kier alpha value is -2.25. The number of aliphatic hydroxyl groups excluding tert-OH is 1. The van der Waals surface area contributed by atoms with E-state index in [4.69, 9.17) is 5.11 Å². The molecule has 0 aliphatic carbocycles. The summed E-state index contributed by atoms with van der Waals surface area (Å²) < 4.78 is 1.89. The van der Waals surface area contributed by atoms with E-state index in [0.717, 1.165) is 43.9 Å². The summed E-state index contributed by atoms with van der Waals surface area (Å²) in [5.41, 5.74) is 1.71. The summed E-state index contributed by atoms with van der Waals surface area (Å²) in [5.74, 6) is 0.695. The molecule has 0 spiro atoms. The minimum Gasteiger partial charge on any atom is -0.396 e. The smallest absolute Gasteiger partial charge is 0.233 e. The Morgan fingerprint density at radius 2 is 2.19 bits per heavy atom. The van der Waals surface area contributed by atoms with Gasteiger partial charge in [0, 0.05) is 37.8 Å². The number of nitrogens with zero attached hydrogens (tertiary/aromatic N) is 3. The normalized spacial score (nSPS) is 27.4. The Labute approximate surface area is 153 Å². The number of anilines is 1. The van der Waals surface area contributed by atoms with Gasteiger partial charge in [0.1, 0.15) is 6.04 Å². The molecule has 7 nitrogen and oxygen atoms in total. The van der Waals surface area contributed by atoms with Gasteiger partial charge < -0.3 is 15.3 Å². The zero-order chi connectivity index (χ0) is 17.9. The molecule has 7 heteroatoms. The van der Waals surface area contributed by atoms with Crippen molar-refractivity contribution in [1.29, 1.82) is 0 Å². The van der Waals surface area contributed by atoms with Gasteiger partial charge in [0.2, 0.25) is 5.91 Å². The van der Waals surface area contributed by atoms with E-state index < -0.39 is 0 Å². The highest BCUT2D eigenvalue weighted by Gasteiger charge is 2.46. The topological polar surface area (TPSA) is 84.5 Å². The quantitative estimate of drug-likeness (QED) is 0.666. The SMILES string of the molecule is O=C(Nc1ccccc1)[C@H]1C[NH+]2CC[C@@H]1C[C@@H]2Cn1cc(CCO)nn1. The third-order valence-electron chi connectivity index (χ3n) is 5.79. The fourth-order valence-corrected chi connectivity index (χ4v) is 4.46. The van der Waals surface area contributed by atoms with E-state index in [2.05, 4.69) is 15.6 Å². The maximum atomic E-state index is 12.7. The molecule has 1 aromatic heterocycles. The van der Waals surface area contributed by atoms with Crippen molar-refractivity contribution >= 4 is 11.6 Å². The average Bonchev–Trinajstić information content (AvgIpc) is 3.10. The standard InChI is InChI=1S/C19H25N5O2/c25-9-7-16-11-24(22-21-16)12-17-10-14-6-8-23(17)13-18(14)19(26)20-15-4-2-1-3-5-15/h1-5,11,14,17-18,25H,6-10,12-13H2,(H,20,26)/p+1/t14-,17-,18+/m1/s1. The lowest BCUT2D eigenvalue weighted by atomic mass is 9.75. The lowest BCUT2D eigenvalue weighted by Gasteiger charge is -2.46. The molecule has 3 aliphatic rings. The van der Waals surface area contributed by atoms with Gasteiger partial charge >= 0.3 is 0 Å². The highest BCUT2D eigenvalue weighted by molar-refractivity contribution is 5.92. The summed E-state index contributed by atoms with van der Waals surface area (Å²) in [6.45, 7) is 2.95. The van der Waals surface area contributed by atoms with E-state index in [1.165, 1.54) is 4.90 Å². The van der Waals surface area contributed by atoms with E-state index in [1.807, 2.05) is 41.2 Å². The largest absolute Gasteiger partial charge is 0.396 e. The first-order valence-electron chi connectivity index (χ1n) is 9.43. The van der Waals surface area contributed by atoms with Crippen LogP contribution in [0.25, 0.3) is 0 Å². The number of nitrogens with one attached hydrogen (secondary N) is 2. The molecule has 138 valence electrons. The predicted octanol–water partition coefficient (Wildman–Crippen LogP) is -0.255. The third kappa shape index (κ3) is 3.64. The van der Waals surface area contributed by atoms with Gasteiger partial charge in [-0.05, 0) is 18.1 Å². The van der Waals surface area contributed by atoms with Gasteiger partial charge in [0.15, 0.2) is 0 Å². The van der Waals surface area contributed by atoms with Crippen LogP contribution in [-0.4, -0.2) is 51.7 Å². The van der Waals surface area contributed by atoms with Gasteiger partial charge in [-0.25, -0.2) is 4.68 Å². The van der Waals surface area contributed by atoms with Crippen LogP contribution in [-0.2, 0) is 17.8 Å². The zero-order valence-electron chi connectivity index (χ0n) is 14.8. The van der Waals surface area contributed by atoms with Gasteiger partial charge in [0.05, 0.1) is 31.2 Å². The molecule has 2 bridgehead atoms. The summed E-state index contributed by atoms with van der Waals surface area (Å²) >= 11 is 0. The van der Waals surface area contributed by atoms with Gasteiger partial charge in [-0.15, -0.1) is 5.10 Å². The van der Waals surface area contributed by atoms with Crippen LogP contribution < -0.4 is 10.2 Å². The lowest BCUT2D eigenvalue weighted by molar-refractivity contribution is -0.945. The van der Waals surface area contributed by atoms with Crippen molar-refractivity contribution in [2.75, 3.05) is 25.0 Å². The second kappa shape index (κ2) is 7.55. The number of carbonyl (C=O) groups excluding carboxylic acids is 1. The highest BCUT2D eigenvalue weighted by atomic mass is 16.3. The maximum Gasteiger partial charge on any atom is 0.233 e. The van der Waals surface area contributed by atoms with Gasteiger partial charge in [-0.3, -0.25) is 4.79 Å². The zero-order valence-corrected chi connectivity index (χ0v) is 14.8. The Kier molecular flexibility index (Phi) is 4.99. The summed E-state index contributed by atoms with van der Waals surface area (Å²) in [5, 5.41) is 20.4. The number of benzene rings is 1. The van der Waals surface area contributed by atoms with Crippen LogP contribution in [0.5, 0.6) is 0 Å². The Morgan fingerprint density at radius 3 is 2.92 bits per heavy atom. The van der Waals surface area contributed by atoms with Gasteiger partial charge in [-0.1, -0.05) is 23.4 Å². The molecule has 3 fully saturated rings. The third-order valence-corrected chi connectivity index (χ3v) is 5.79. The van der Waals surface area contributed by atoms with Crippen molar-refractivity contribution < 1.29 is 14.8 Å². The summed E-state index contributed by atoms with van der Waals surface area (Å²) in [6.07, 6.45) is 4.65. The van der Waals surface area contributed by atoms with Gasteiger partial charge in [-0.2, -0.15) is 0 Å². The van der Waals surface area contributed by atoms with Crippen LogP contribution in [0, 0.1) is 11.8 Å². The molecular formula is C19H26N5O2+. The second-order valence-corrected chi connectivity index (χ2v) is 7.46. The lowest BCUT2D eigenvalue weighted by Crippen LogP contribution is -3.20. The molecule has 26 heavy (non-hydrogen) atoms. The predicted molar refractivity (Wildman–Crippen MR) is 96.6 cm³/mol. The van der Waals surface area contributed by atoms with Crippen molar-refractivity contribution in [3.8, 4) is 0 Å². The summed E-state index contributed by atoms with van der Waals surface area (Å²) in [7, 11) is 0. The number of para-hydroxylation sites is 1. The van der Waals surface area contributed by atoms with Crippen LogP contribution in [0.1, 0.15) is 18.5 Å². The van der Waals surface area contributed by atoms with Crippen molar-refractivity contribution in [3.63, 3.8) is 0 Å². The molecule has 4 atom stereocenters. The molecule has 1 amide bonds. The molecule has 0 saturated carbocycles. The molecule has 3 N–H and O–H groups in total. The van der Waals surface area contributed by atoms with Gasteiger partial charge in [0.25, 0.3) is 0 Å². The number of carbonyl (C=O) groups is 1. The van der Waals surface area contributed by atoms with Crippen molar-refractivity contribution in [1.82, 2.24) is 15.0 Å². The number of rotatable bonds is 6. The second-order valence-electron chi connectivity index (χ2n) is 7.46. The number of quaternary nitrogens is 1. The first-order valence-corrected chi connectivity index (χ1v) is 9.43. The van der Waals surface area contributed by atoms with E-state index in [1.54, 1.807) is 0 Å². The molecule has 1 aromatic carbocycles. The Morgan fingerprint density at radius 1 is 1.35 bits per heavy atom. The van der Waals surface area contributed by atoms with Crippen LogP contribution in [0.3, 0.4) is 0 Å². The van der Waals surface area contributed by atoms with E-state index in [-0.39, 0.29) is 18.4 Å². The molecule has 5 rings (SSSR count). The van der Waals surface area contributed by atoms with E-state index >= 15 is 0 Å². The number of hydrogen-bond donors (Lipinski definition) is 3. The van der Waals surface area contributed by atoms with Crippen molar-refractivity contribution in [2.24, 2.45) is 11.8 Å². The van der Waals surface area contributed by atoms with Crippen LogP contribution in [0.4, 0.5) is 5.69 Å². The molecule has 0 radical (unpaired) electrons. The number of piperidine rings is 3. The highest BCUT2D eigenvalue weighted by Crippen LogP contribution is 2.28. The van der Waals surface area contributed by atoms with Crippen molar-refractivity contribution in [3.05, 3.63) is 42.2 Å². The maximum absolute atomic E-state index is 12.7. The van der Waals surface area contributed by atoms with Crippen LogP contribution in [0.15, 0.2) is 36.5 Å². The molecular weight excluding hydrogens is 330 g/mol. The van der Waals surface area contributed by atoms with Crippen LogP contribution in [0.2, 0.25) is 0 Å². The first-order chi connectivity index (χ1) is 12.7. The molecule has 3 aliphatic heterocycles. The number of aliphatic hydroxyl groups is 1. The molecule has 1 unspecified atom stereocenters. The minimum atomic E-state index is 0.0934. The van der Waals surface area contributed by atoms with E-state index in [0.29, 0.717) is 18.4 Å². The fraction of sp³-hybridized carbons (Fsp3) is 0.526. The summed E-state index contributed by atoms with van der Waals surface area (Å²) in [4.78, 5) is 14.2. The monoisotopic (exact) mass is 356 g/mol. The Bertz CT molecular complexity index is 747. The fourth-order valence-electron chi connectivity index (χ4n) is 4.46. The number of aromatic nitrogens is 3. The molecule has 2 aromatic rings. The van der Waals surface area contributed by atoms with E-state index in [9.17, 15) is 4.79 Å². The number of hydrogen-bond acceptors (Lipinski definition) is 4. The first kappa shape index (κ1) is 17.2. The number of fused-ring (bicyclic) bond motifs is 3. The number of amides is 1. The van der Waals surface area contributed by atoms with Crippen molar-refractivity contribution in [2.45, 2.75) is 31.8 Å².